The minimum atomic E-state index is -5.01. The van der Waals surface area contributed by atoms with Crippen LogP contribution in [0, 0.1) is 0 Å². The first kappa shape index (κ1) is 11.0. The van der Waals surface area contributed by atoms with E-state index in [4.69, 9.17) is 0 Å². The van der Waals surface area contributed by atoms with Crippen LogP contribution >= 0.6 is 0 Å². The normalized spacial score (nSPS) is 25.0. The summed E-state index contributed by atoms with van der Waals surface area (Å²) >= 11 is 0. The number of carbonyl (C=O) groups is 2. The van der Waals surface area contributed by atoms with Crippen molar-refractivity contribution in [2.24, 2.45) is 0 Å². The Morgan fingerprint density at radius 3 is 2.57 bits per heavy atom. The van der Waals surface area contributed by atoms with Gasteiger partial charge in [-0.15, -0.1) is 0 Å². The average molecular weight is 209 g/mol. The lowest BCUT2D eigenvalue weighted by atomic mass is 9.90. The molecule has 0 aromatic carbocycles. The second-order valence-electron chi connectivity index (χ2n) is 3.23. The number of nitrogens with one attached hydrogen (secondary N) is 1. The lowest BCUT2D eigenvalue weighted by molar-refractivity contribution is -0.139. The SMILES string of the molecule is CC1C(=O)NC(=O)CN1C[B-](F)(F)F. The Labute approximate surface area is 78.5 Å². The van der Waals surface area contributed by atoms with Crippen LogP contribution in [-0.2, 0) is 9.59 Å². The van der Waals surface area contributed by atoms with E-state index >= 15 is 0 Å². The third-order valence-corrected chi connectivity index (χ3v) is 1.98. The maximum Gasteiger partial charge on any atom is 0.492 e. The number of amides is 2. The van der Waals surface area contributed by atoms with Crippen molar-refractivity contribution in [1.82, 2.24) is 10.2 Å². The Kier molecular flexibility index (Phi) is 2.84. The molecule has 0 radical (unpaired) electrons. The topological polar surface area (TPSA) is 49.4 Å². The fourth-order valence-electron chi connectivity index (χ4n) is 1.26. The van der Waals surface area contributed by atoms with Crippen LogP contribution in [0.1, 0.15) is 6.92 Å². The molecule has 80 valence electrons. The lowest BCUT2D eigenvalue weighted by Gasteiger charge is -2.34. The standard InChI is InChI=1S/C6H9BF3N2O2/c1-4-6(14)11-5(13)2-12(4)3-7(8,9)10/h4H,2-3H2,1H3,(H,11,13,14)/q-1. The summed E-state index contributed by atoms with van der Waals surface area (Å²) in [5, 5.41) is 1.96. The molecule has 1 heterocycles. The van der Waals surface area contributed by atoms with Gasteiger partial charge in [0, 0.05) is 0 Å². The zero-order valence-corrected chi connectivity index (χ0v) is 7.47. The number of piperazine rings is 1. The molecular formula is C6H9BF3N2O2-. The highest BCUT2D eigenvalue weighted by molar-refractivity contribution is 6.58. The predicted octanol–water partition coefficient (Wildman–Crippen LogP) is -0.280. The Morgan fingerprint density at radius 1 is 1.50 bits per heavy atom. The van der Waals surface area contributed by atoms with E-state index in [1.807, 2.05) is 5.32 Å². The first-order valence-electron chi connectivity index (χ1n) is 4.08. The number of hydrogen-bond acceptors (Lipinski definition) is 3. The second-order valence-corrected chi connectivity index (χ2v) is 3.23. The van der Waals surface area contributed by atoms with E-state index in [-0.39, 0.29) is 6.54 Å². The van der Waals surface area contributed by atoms with E-state index in [1.54, 1.807) is 0 Å². The smallest absolute Gasteiger partial charge is 0.448 e. The van der Waals surface area contributed by atoms with Gasteiger partial charge >= 0.3 is 6.98 Å². The molecule has 0 aliphatic carbocycles. The fourth-order valence-corrected chi connectivity index (χ4v) is 1.26. The largest absolute Gasteiger partial charge is 0.492 e. The number of nitrogens with zero attached hydrogens (tertiary/aromatic N) is 1. The van der Waals surface area contributed by atoms with Crippen LogP contribution in [0.4, 0.5) is 12.9 Å². The zero-order chi connectivity index (χ0) is 10.9. The highest BCUT2D eigenvalue weighted by atomic mass is 19.4. The van der Waals surface area contributed by atoms with Crippen LogP contribution in [0.25, 0.3) is 0 Å². The van der Waals surface area contributed by atoms with E-state index in [2.05, 4.69) is 0 Å². The molecule has 1 aliphatic rings. The summed E-state index contributed by atoms with van der Waals surface area (Å²) in [4.78, 5) is 22.6. The van der Waals surface area contributed by atoms with Crippen molar-refractivity contribution in [3.8, 4) is 0 Å². The van der Waals surface area contributed by atoms with E-state index in [9.17, 15) is 22.5 Å². The molecule has 8 heteroatoms. The Morgan fingerprint density at radius 2 is 2.07 bits per heavy atom. The molecule has 0 aromatic rings. The van der Waals surface area contributed by atoms with Crippen LogP contribution in [-0.4, -0.2) is 42.7 Å². The molecule has 1 rings (SSSR count). The molecule has 1 saturated heterocycles. The van der Waals surface area contributed by atoms with Crippen molar-refractivity contribution >= 4 is 18.8 Å². The summed E-state index contributed by atoms with van der Waals surface area (Å²) in [5.41, 5.74) is 0. The van der Waals surface area contributed by atoms with Gasteiger partial charge in [0.05, 0.1) is 12.6 Å². The van der Waals surface area contributed by atoms with Crippen LogP contribution in [0.15, 0.2) is 0 Å². The van der Waals surface area contributed by atoms with Crippen LogP contribution in [0.3, 0.4) is 0 Å². The van der Waals surface area contributed by atoms with Gasteiger partial charge in [-0.25, -0.2) is 0 Å². The molecule has 0 spiro atoms. The molecule has 0 saturated carbocycles. The third-order valence-electron chi connectivity index (χ3n) is 1.98. The van der Waals surface area contributed by atoms with Gasteiger partial charge in [-0.05, 0) is 13.4 Å². The highest BCUT2D eigenvalue weighted by Gasteiger charge is 2.35. The Hall–Kier alpha value is -1.05. The van der Waals surface area contributed by atoms with Gasteiger partial charge in [0.2, 0.25) is 11.8 Å². The number of rotatable bonds is 2. The highest BCUT2D eigenvalue weighted by Crippen LogP contribution is 2.14. The maximum absolute atomic E-state index is 12.0. The minimum Gasteiger partial charge on any atom is -0.448 e. The Balaban J connectivity index is 2.67. The molecule has 4 nitrogen and oxygen atoms in total. The van der Waals surface area contributed by atoms with Crippen molar-refractivity contribution in [2.75, 3.05) is 13.0 Å². The molecule has 2 amide bonds. The number of carbonyl (C=O) groups excluding carboxylic acids is 2. The van der Waals surface area contributed by atoms with Crippen LogP contribution in [0.2, 0.25) is 0 Å². The molecule has 14 heavy (non-hydrogen) atoms. The minimum absolute atomic E-state index is 0.381. The fraction of sp³-hybridized carbons (Fsp3) is 0.667. The first-order chi connectivity index (χ1) is 6.29. The molecule has 1 fully saturated rings. The number of halogens is 3. The summed E-state index contributed by atoms with van der Waals surface area (Å²) < 4.78 is 36.1. The number of imide groups is 1. The van der Waals surface area contributed by atoms with Crippen molar-refractivity contribution in [2.45, 2.75) is 13.0 Å². The van der Waals surface area contributed by atoms with E-state index < -0.39 is 31.3 Å². The van der Waals surface area contributed by atoms with Crippen LogP contribution in [0.5, 0.6) is 0 Å². The third kappa shape index (κ3) is 2.73. The van der Waals surface area contributed by atoms with Gasteiger partial charge in [-0.1, -0.05) is 0 Å². The molecule has 1 atom stereocenters. The summed E-state index contributed by atoms with van der Waals surface area (Å²) in [6.45, 7) is -4.05. The van der Waals surface area contributed by atoms with Gasteiger partial charge in [0.25, 0.3) is 0 Å². The zero-order valence-electron chi connectivity index (χ0n) is 7.47. The molecule has 0 aromatic heterocycles. The van der Waals surface area contributed by atoms with Gasteiger partial charge in [-0.2, -0.15) is 0 Å². The van der Waals surface area contributed by atoms with Crippen molar-refractivity contribution in [3.05, 3.63) is 0 Å². The molecule has 1 N–H and O–H groups in total. The van der Waals surface area contributed by atoms with E-state index in [1.165, 1.54) is 6.92 Å². The van der Waals surface area contributed by atoms with Crippen molar-refractivity contribution in [3.63, 3.8) is 0 Å². The maximum atomic E-state index is 12.0. The van der Waals surface area contributed by atoms with Gasteiger partial charge < -0.3 is 17.8 Å². The van der Waals surface area contributed by atoms with Gasteiger partial charge in [0.15, 0.2) is 0 Å². The van der Waals surface area contributed by atoms with Crippen molar-refractivity contribution < 1.29 is 22.5 Å². The quantitative estimate of drug-likeness (QED) is 0.502. The van der Waals surface area contributed by atoms with E-state index in [0.29, 0.717) is 0 Å². The Bertz CT molecular complexity index is 268. The van der Waals surface area contributed by atoms with Crippen LogP contribution < -0.4 is 5.32 Å². The summed E-state index contributed by atoms with van der Waals surface area (Å²) in [6, 6.07) is -0.906. The van der Waals surface area contributed by atoms with E-state index in [0.717, 1.165) is 4.90 Å². The predicted molar refractivity (Wildman–Crippen MR) is 43.3 cm³/mol. The number of hydrogen-bond donors (Lipinski definition) is 1. The molecule has 0 bridgehead atoms. The van der Waals surface area contributed by atoms with Gasteiger partial charge in [-0.3, -0.25) is 14.9 Å². The molecule has 1 aliphatic heterocycles. The van der Waals surface area contributed by atoms with Gasteiger partial charge in [0.1, 0.15) is 0 Å². The monoisotopic (exact) mass is 209 g/mol. The molecule has 1 unspecified atom stereocenters. The average Bonchev–Trinajstić information content (AvgIpc) is 1.96. The molecular weight excluding hydrogens is 200 g/mol. The second kappa shape index (κ2) is 3.60. The lowest BCUT2D eigenvalue weighted by Crippen LogP contribution is -2.59. The summed E-state index contributed by atoms with van der Waals surface area (Å²) in [5.74, 6) is -1.37. The summed E-state index contributed by atoms with van der Waals surface area (Å²) in [7, 11) is 0. The van der Waals surface area contributed by atoms with Crippen molar-refractivity contribution in [1.29, 1.82) is 0 Å². The summed E-state index contributed by atoms with van der Waals surface area (Å²) in [6.07, 6.45) is -1.18. The first-order valence-corrected chi connectivity index (χ1v) is 4.08.